The Morgan fingerprint density at radius 3 is 2.40 bits per heavy atom. The second-order valence-electron chi connectivity index (χ2n) is 4.07. The minimum atomic E-state index is -0.101. The third-order valence-electron chi connectivity index (χ3n) is 3.11. The summed E-state index contributed by atoms with van der Waals surface area (Å²) in [7, 11) is 0. The topological polar surface area (TPSA) is 51.2 Å². The zero-order valence-corrected chi connectivity index (χ0v) is 8.58. The lowest BCUT2D eigenvalue weighted by molar-refractivity contribution is -0.121. The molecule has 0 aromatic carbocycles. The van der Waals surface area contributed by atoms with E-state index in [-0.39, 0.29) is 23.3 Å². The Morgan fingerprint density at radius 2 is 1.80 bits per heavy atom. The molecule has 0 bridgehead atoms. The summed E-state index contributed by atoms with van der Waals surface area (Å²) in [5.41, 5.74) is 1.19. The number of hydrogen-bond donors (Lipinski definition) is 0. The number of carbonyl (C=O) groups is 3. The number of hydrogen-bond acceptors (Lipinski definition) is 3. The Labute approximate surface area is 87.8 Å². The molecule has 0 fully saturated rings. The van der Waals surface area contributed by atoms with E-state index in [0.29, 0.717) is 30.4 Å². The molecule has 0 aromatic rings. The van der Waals surface area contributed by atoms with Gasteiger partial charge < -0.3 is 0 Å². The molecule has 3 nitrogen and oxygen atoms in total. The predicted octanol–water partition coefficient (Wildman–Crippen LogP) is 1.38. The van der Waals surface area contributed by atoms with E-state index in [2.05, 4.69) is 0 Å². The van der Waals surface area contributed by atoms with Gasteiger partial charge in [0.15, 0.2) is 11.6 Å². The Kier molecular flexibility index (Phi) is 2.39. The van der Waals surface area contributed by atoms with Gasteiger partial charge in [-0.15, -0.1) is 0 Å². The fourth-order valence-corrected chi connectivity index (χ4v) is 2.16. The Hall–Kier alpha value is -1.51. The molecule has 0 spiro atoms. The van der Waals surface area contributed by atoms with E-state index in [1.807, 2.05) is 0 Å². The van der Waals surface area contributed by atoms with Crippen molar-refractivity contribution in [1.82, 2.24) is 0 Å². The van der Waals surface area contributed by atoms with Crippen molar-refractivity contribution in [2.45, 2.75) is 26.2 Å². The summed E-state index contributed by atoms with van der Waals surface area (Å²) < 4.78 is 0. The average Bonchev–Trinajstić information content (AvgIpc) is 2.23. The van der Waals surface area contributed by atoms with E-state index in [9.17, 15) is 14.4 Å². The Morgan fingerprint density at radius 1 is 1.20 bits per heavy atom. The van der Waals surface area contributed by atoms with Crippen molar-refractivity contribution in [1.29, 1.82) is 0 Å². The predicted molar refractivity (Wildman–Crippen MR) is 54.2 cm³/mol. The molecule has 0 aliphatic heterocycles. The first-order chi connectivity index (χ1) is 7.09. The van der Waals surface area contributed by atoms with Crippen LogP contribution in [-0.2, 0) is 14.4 Å². The summed E-state index contributed by atoms with van der Waals surface area (Å²) in [6.45, 7) is 1.54. The first-order valence-corrected chi connectivity index (χ1v) is 5.09. The smallest absolute Gasteiger partial charge is 0.182 e. The van der Waals surface area contributed by atoms with Gasteiger partial charge in [-0.1, -0.05) is 0 Å². The zero-order valence-electron chi connectivity index (χ0n) is 8.58. The number of Topliss-reactive ketones (excluding diaryl/α,β-unsaturated/α-hetero) is 1. The summed E-state index contributed by atoms with van der Waals surface area (Å²) in [5, 5.41) is 0. The number of allylic oxidation sites excluding steroid dienone is 4. The van der Waals surface area contributed by atoms with Crippen molar-refractivity contribution >= 4 is 17.3 Å². The molecule has 0 heterocycles. The first-order valence-electron chi connectivity index (χ1n) is 5.09. The number of rotatable bonds is 1. The fourth-order valence-electron chi connectivity index (χ4n) is 2.16. The molecule has 0 saturated carbocycles. The summed E-state index contributed by atoms with van der Waals surface area (Å²) >= 11 is 0. The van der Waals surface area contributed by atoms with Crippen LogP contribution in [0.15, 0.2) is 23.3 Å². The molecule has 15 heavy (non-hydrogen) atoms. The quantitative estimate of drug-likeness (QED) is 0.606. The highest BCUT2D eigenvalue weighted by Crippen LogP contribution is 2.33. The van der Waals surface area contributed by atoms with Gasteiger partial charge in [-0.3, -0.25) is 14.4 Å². The molecular weight excluding hydrogens is 192 g/mol. The first kappa shape index (κ1) is 10.0. The molecule has 1 unspecified atom stereocenters. The van der Waals surface area contributed by atoms with Crippen molar-refractivity contribution < 1.29 is 14.4 Å². The lowest BCUT2D eigenvalue weighted by atomic mass is 9.77. The highest BCUT2D eigenvalue weighted by molar-refractivity contribution is 6.20. The molecule has 0 N–H and O–H groups in total. The number of carbonyl (C=O) groups excluding carboxylic acids is 3. The van der Waals surface area contributed by atoms with Crippen LogP contribution in [0.1, 0.15) is 26.2 Å². The third kappa shape index (κ3) is 1.69. The summed E-state index contributed by atoms with van der Waals surface area (Å²) in [5.74, 6) is -0.134. The third-order valence-corrected chi connectivity index (χ3v) is 3.11. The standard InChI is InChI=1S/C12H12O3/c1-7(13)8-2-3-9-10(6-8)12(15)5-4-11(9)14/h4-5,8H,2-3,6H2,1H3. The van der Waals surface area contributed by atoms with Gasteiger partial charge in [0.2, 0.25) is 0 Å². The van der Waals surface area contributed by atoms with Gasteiger partial charge in [-0.2, -0.15) is 0 Å². The second-order valence-corrected chi connectivity index (χ2v) is 4.07. The van der Waals surface area contributed by atoms with Gasteiger partial charge in [0.1, 0.15) is 5.78 Å². The Balaban J connectivity index is 2.31. The molecule has 1 atom stereocenters. The Bertz CT molecular complexity index is 413. The monoisotopic (exact) mass is 204 g/mol. The molecule has 78 valence electrons. The van der Waals surface area contributed by atoms with E-state index in [4.69, 9.17) is 0 Å². The van der Waals surface area contributed by atoms with E-state index in [0.717, 1.165) is 0 Å². The van der Waals surface area contributed by atoms with E-state index >= 15 is 0 Å². The molecule has 0 aromatic heterocycles. The molecule has 0 amide bonds. The molecule has 2 aliphatic carbocycles. The van der Waals surface area contributed by atoms with E-state index in [1.165, 1.54) is 12.2 Å². The van der Waals surface area contributed by atoms with E-state index in [1.54, 1.807) is 6.92 Å². The van der Waals surface area contributed by atoms with Gasteiger partial charge in [-0.25, -0.2) is 0 Å². The minimum absolute atomic E-state index is 0.0633. The molecule has 3 heteroatoms. The van der Waals surface area contributed by atoms with Crippen LogP contribution in [0.25, 0.3) is 0 Å². The lowest BCUT2D eigenvalue weighted by Gasteiger charge is -2.24. The van der Waals surface area contributed by atoms with Crippen molar-refractivity contribution in [3.8, 4) is 0 Å². The summed E-state index contributed by atoms with van der Waals surface area (Å²) in [6, 6.07) is 0. The molecule has 0 saturated heterocycles. The van der Waals surface area contributed by atoms with Crippen molar-refractivity contribution in [3.05, 3.63) is 23.3 Å². The molecule has 0 radical (unpaired) electrons. The molecule has 2 rings (SSSR count). The van der Waals surface area contributed by atoms with Crippen LogP contribution >= 0.6 is 0 Å². The highest BCUT2D eigenvalue weighted by atomic mass is 16.1. The SMILES string of the molecule is CC(=O)C1CCC2=C(C1)C(=O)C=CC2=O. The van der Waals surface area contributed by atoms with Crippen molar-refractivity contribution in [2.75, 3.05) is 0 Å². The molecule has 2 aliphatic rings. The molecular formula is C12H12O3. The van der Waals surface area contributed by atoms with Crippen LogP contribution in [0.3, 0.4) is 0 Å². The van der Waals surface area contributed by atoms with Crippen LogP contribution in [0, 0.1) is 5.92 Å². The van der Waals surface area contributed by atoms with Crippen LogP contribution < -0.4 is 0 Å². The van der Waals surface area contributed by atoms with E-state index < -0.39 is 0 Å². The van der Waals surface area contributed by atoms with Crippen molar-refractivity contribution in [3.63, 3.8) is 0 Å². The number of ketones is 3. The average molecular weight is 204 g/mol. The normalized spacial score (nSPS) is 25.5. The maximum absolute atomic E-state index is 11.5. The van der Waals surface area contributed by atoms with Crippen molar-refractivity contribution in [2.24, 2.45) is 5.92 Å². The lowest BCUT2D eigenvalue weighted by Crippen LogP contribution is -2.25. The highest BCUT2D eigenvalue weighted by Gasteiger charge is 2.30. The van der Waals surface area contributed by atoms with Crippen LogP contribution in [0.2, 0.25) is 0 Å². The largest absolute Gasteiger partial charge is 0.300 e. The maximum Gasteiger partial charge on any atom is 0.182 e. The van der Waals surface area contributed by atoms with Crippen LogP contribution in [-0.4, -0.2) is 17.3 Å². The van der Waals surface area contributed by atoms with Gasteiger partial charge >= 0.3 is 0 Å². The van der Waals surface area contributed by atoms with Gasteiger partial charge in [0.25, 0.3) is 0 Å². The van der Waals surface area contributed by atoms with Gasteiger partial charge in [0, 0.05) is 17.1 Å². The van der Waals surface area contributed by atoms with Crippen LogP contribution in [0.4, 0.5) is 0 Å². The summed E-state index contributed by atoms with van der Waals surface area (Å²) in [6.07, 6.45) is 4.34. The van der Waals surface area contributed by atoms with Crippen LogP contribution in [0.5, 0.6) is 0 Å². The second kappa shape index (κ2) is 3.57. The van der Waals surface area contributed by atoms with Gasteiger partial charge in [-0.05, 0) is 38.3 Å². The maximum atomic E-state index is 11.5. The zero-order chi connectivity index (χ0) is 11.0. The minimum Gasteiger partial charge on any atom is -0.300 e. The van der Waals surface area contributed by atoms with Gasteiger partial charge in [0.05, 0.1) is 0 Å². The fraction of sp³-hybridized carbons (Fsp3) is 0.417. The summed E-state index contributed by atoms with van der Waals surface area (Å²) in [4.78, 5) is 34.2.